The average Bonchev–Trinajstić information content (AvgIpc) is 2.50. The summed E-state index contributed by atoms with van der Waals surface area (Å²) < 4.78 is 1.47. The highest BCUT2D eigenvalue weighted by Crippen LogP contribution is 2.17. The van der Waals surface area contributed by atoms with Crippen LogP contribution in [0.25, 0.3) is 5.69 Å². The van der Waals surface area contributed by atoms with Crippen molar-refractivity contribution >= 4 is 29.2 Å². The van der Waals surface area contributed by atoms with Crippen molar-refractivity contribution in [2.45, 2.75) is 0 Å². The summed E-state index contributed by atoms with van der Waals surface area (Å²) in [7, 11) is 0. The fourth-order valence-corrected chi connectivity index (χ4v) is 1.43. The SMILES string of the molecule is Nc1ncn(-c2cc(Cl)nc(Cl)c2)n1. The minimum absolute atomic E-state index is 0.189. The number of aromatic nitrogens is 4. The van der Waals surface area contributed by atoms with Gasteiger partial charge in [0.25, 0.3) is 0 Å². The first-order valence-corrected chi connectivity index (χ1v) is 4.41. The first kappa shape index (κ1) is 9.23. The fraction of sp³-hybridized carbons (Fsp3) is 0. The van der Waals surface area contributed by atoms with E-state index in [1.54, 1.807) is 12.1 Å². The van der Waals surface area contributed by atoms with E-state index < -0.39 is 0 Å². The van der Waals surface area contributed by atoms with E-state index in [2.05, 4.69) is 15.1 Å². The van der Waals surface area contributed by atoms with Crippen LogP contribution in [0.15, 0.2) is 18.5 Å². The Morgan fingerprint density at radius 3 is 2.36 bits per heavy atom. The van der Waals surface area contributed by atoms with Gasteiger partial charge in [-0.1, -0.05) is 23.2 Å². The van der Waals surface area contributed by atoms with Crippen molar-refractivity contribution in [2.24, 2.45) is 0 Å². The highest BCUT2D eigenvalue weighted by atomic mass is 35.5. The summed E-state index contributed by atoms with van der Waals surface area (Å²) in [6.45, 7) is 0. The largest absolute Gasteiger partial charge is 0.366 e. The summed E-state index contributed by atoms with van der Waals surface area (Å²) in [6.07, 6.45) is 1.47. The normalized spacial score (nSPS) is 10.4. The van der Waals surface area contributed by atoms with Crippen molar-refractivity contribution in [1.29, 1.82) is 0 Å². The third-order valence-electron chi connectivity index (χ3n) is 1.52. The van der Waals surface area contributed by atoms with Gasteiger partial charge in [-0.05, 0) is 0 Å². The van der Waals surface area contributed by atoms with Gasteiger partial charge in [0, 0.05) is 12.1 Å². The molecule has 2 heterocycles. The molecule has 7 heteroatoms. The Morgan fingerprint density at radius 2 is 1.86 bits per heavy atom. The van der Waals surface area contributed by atoms with E-state index >= 15 is 0 Å². The van der Waals surface area contributed by atoms with Crippen LogP contribution in [0, 0.1) is 0 Å². The van der Waals surface area contributed by atoms with Crippen LogP contribution in [0.3, 0.4) is 0 Å². The first-order chi connectivity index (χ1) is 6.65. The number of hydrogen-bond donors (Lipinski definition) is 1. The molecule has 2 aromatic rings. The molecule has 0 bridgehead atoms. The Hall–Kier alpha value is -1.33. The molecule has 0 atom stereocenters. The number of rotatable bonds is 1. The molecule has 0 spiro atoms. The lowest BCUT2D eigenvalue weighted by Gasteiger charge is -2.00. The van der Waals surface area contributed by atoms with E-state index in [1.165, 1.54) is 11.0 Å². The Morgan fingerprint density at radius 1 is 1.21 bits per heavy atom. The molecule has 2 N–H and O–H groups in total. The smallest absolute Gasteiger partial charge is 0.239 e. The summed E-state index contributed by atoms with van der Waals surface area (Å²) >= 11 is 11.4. The van der Waals surface area contributed by atoms with Crippen molar-refractivity contribution in [3.63, 3.8) is 0 Å². The van der Waals surface area contributed by atoms with Gasteiger partial charge in [0.2, 0.25) is 5.95 Å². The predicted octanol–water partition coefficient (Wildman–Crippen LogP) is 1.55. The van der Waals surface area contributed by atoms with Gasteiger partial charge in [0.1, 0.15) is 16.6 Å². The molecular formula is C7H5Cl2N5. The summed E-state index contributed by atoms with van der Waals surface area (Å²) in [4.78, 5) is 7.58. The second-order valence-electron chi connectivity index (χ2n) is 2.52. The monoisotopic (exact) mass is 229 g/mol. The zero-order valence-corrected chi connectivity index (χ0v) is 8.37. The molecule has 0 aliphatic heterocycles. The van der Waals surface area contributed by atoms with Gasteiger partial charge in [-0.2, -0.15) is 0 Å². The molecule has 0 saturated heterocycles. The molecular weight excluding hydrogens is 225 g/mol. The van der Waals surface area contributed by atoms with Crippen molar-refractivity contribution in [1.82, 2.24) is 19.7 Å². The van der Waals surface area contributed by atoms with Crippen molar-refractivity contribution in [3.05, 3.63) is 28.8 Å². The second-order valence-corrected chi connectivity index (χ2v) is 3.29. The standard InChI is InChI=1S/C7H5Cl2N5/c8-5-1-4(2-6(9)12-5)14-3-11-7(10)13-14/h1-3H,(H2,10,13). The van der Waals surface area contributed by atoms with E-state index in [1.807, 2.05) is 0 Å². The lowest BCUT2D eigenvalue weighted by atomic mass is 10.4. The molecule has 0 aromatic carbocycles. The summed E-state index contributed by atoms with van der Waals surface area (Å²) in [5.41, 5.74) is 6.03. The van der Waals surface area contributed by atoms with Crippen LogP contribution >= 0.6 is 23.2 Å². The maximum Gasteiger partial charge on any atom is 0.239 e. The number of nitrogens with zero attached hydrogens (tertiary/aromatic N) is 4. The summed E-state index contributed by atoms with van der Waals surface area (Å²) in [5.74, 6) is 0.189. The molecule has 0 radical (unpaired) electrons. The van der Waals surface area contributed by atoms with Crippen molar-refractivity contribution in [3.8, 4) is 5.69 Å². The molecule has 2 aromatic heterocycles. The van der Waals surface area contributed by atoms with Gasteiger partial charge < -0.3 is 5.73 Å². The first-order valence-electron chi connectivity index (χ1n) is 3.66. The molecule has 14 heavy (non-hydrogen) atoms. The zero-order chi connectivity index (χ0) is 10.1. The maximum atomic E-state index is 5.72. The predicted molar refractivity (Wildman–Crippen MR) is 53.6 cm³/mol. The molecule has 0 unspecified atom stereocenters. The Labute approximate surface area is 89.5 Å². The van der Waals surface area contributed by atoms with Crippen LogP contribution in [0.1, 0.15) is 0 Å². The fourth-order valence-electron chi connectivity index (χ4n) is 0.985. The third-order valence-corrected chi connectivity index (χ3v) is 1.91. The minimum atomic E-state index is 0.189. The van der Waals surface area contributed by atoms with Crippen LogP contribution in [0.4, 0.5) is 5.95 Å². The topological polar surface area (TPSA) is 69.6 Å². The van der Waals surface area contributed by atoms with Gasteiger partial charge in [0.15, 0.2) is 0 Å². The Kier molecular flexibility index (Phi) is 2.26. The quantitative estimate of drug-likeness (QED) is 0.754. The van der Waals surface area contributed by atoms with Crippen LogP contribution in [0.2, 0.25) is 10.3 Å². The number of nitrogens with two attached hydrogens (primary N) is 1. The van der Waals surface area contributed by atoms with Gasteiger partial charge in [-0.15, -0.1) is 5.10 Å². The Bertz CT molecular complexity index is 447. The number of anilines is 1. The molecule has 0 fully saturated rings. The molecule has 0 aliphatic rings. The van der Waals surface area contributed by atoms with Crippen LogP contribution in [0.5, 0.6) is 0 Å². The van der Waals surface area contributed by atoms with Crippen LogP contribution < -0.4 is 5.73 Å². The molecule has 5 nitrogen and oxygen atoms in total. The average molecular weight is 230 g/mol. The van der Waals surface area contributed by atoms with Crippen LogP contribution in [-0.4, -0.2) is 19.7 Å². The molecule has 0 saturated carbocycles. The zero-order valence-electron chi connectivity index (χ0n) is 6.85. The maximum absolute atomic E-state index is 5.72. The van der Waals surface area contributed by atoms with Gasteiger partial charge in [-0.3, -0.25) is 0 Å². The van der Waals surface area contributed by atoms with E-state index in [4.69, 9.17) is 28.9 Å². The van der Waals surface area contributed by atoms with Gasteiger partial charge in [0.05, 0.1) is 5.69 Å². The molecule has 72 valence electrons. The van der Waals surface area contributed by atoms with E-state index in [0.29, 0.717) is 16.0 Å². The lowest BCUT2D eigenvalue weighted by Crippen LogP contribution is -1.97. The summed E-state index contributed by atoms with van der Waals surface area (Å²) in [6, 6.07) is 3.23. The van der Waals surface area contributed by atoms with E-state index in [9.17, 15) is 0 Å². The number of hydrogen-bond acceptors (Lipinski definition) is 4. The third kappa shape index (κ3) is 1.78. The van der Waals surface area contributed by atoms with Crippen LogP contribution in [-0.2, 0) is 0 Å². The van der Waals surface area contributed by atoms with E-state index in [-0.39, 0.29) is 5.95 Å². The minimum Gasteiger partial charge on any atom is -0.366 e. The van der Waals surface area contributed by atoms with E-state index in [0.717, 1.165) is 0 Å². The van der Waals surface area contributed by atoms with Crippen molar-refractivity contribution < 1.29 is 0 Å². The Balaban J connectivity index is 2.51. The number of pyridine rings is 1. The molecule has 2 rings (SSSR count). The second kappa shape index (κ2) is 3.43. The molecule has 0 aliphatic carbocycles. The number of halogens is 2. The number of nitrogen functional groups attached to an aromatic ring is 1. The van der Waals surface area contributed by atoms with Crippen molar-refractivity contribution in [2.75, 3.05) is 5.73 Å². The van der Waals surface area contributed by atoms with Gasteiger partial charge in [-0.25, -0.2) is 14.6 Å². The molecule has 0 amide bonds. The lowest BCUT2D eigenvalue weighted by molar-refractivity contribution is 0.880. The highest BCUT2D eigenvalue weighted by molar-refractivity contribution is 6.32. The van der Waals surface area contributed by atoms with Gasteiger partial charge >= 0.3 is 0 Å². The highest BCUT2D eigenvalue weighted by Gasteiger charge is 2.03. The summed E-state index contributed by atoms with van der Waals surface area (Å²) in [5, 5.41) is 4.49.